The molecule has 0 bridgehead atoms. The number of hydrogen-bond acceptors (Lipinski definition) is 6. The van der Waals surface area contributed by atoms with E-state index in [4.69, 9.17) is 16.0 Å². The van der Waals surface area contributed by atoms with E-state index in [0.717, 1.165) is 10.4 Å². The van der Waals surface area contributed by atoms with Gasteiger partial charge in [-0.15, -0.1) is 11.3 Å². The molecule has 1 aliphatic rings. The number of fused-ring (bicyclic) bond motifs is 1. The minimum absolute atomic E-state index is 0.00151. The quantitative estimate of drug-likeness (QED) is 0.387. The molecule has 0 saturated heterocycles. The number of carbonyl (C=O) groups is 2. The lowest BCUT2D eigenvalue weighted by Crippen LogP contribution is -2.30. The lowest BCUT2D eigenvalue weighted by Gasteiger charge is -2.26. The van der Waals surface area contributed by atoms with Gasteiger partial charge in [-0.1, -0.05) is 17.7 Å². The average molecular weight is 465 g/mol. The molecular formula is C24H17ClN2O4S. The van der Waals surface area contributed by atoms with E-state index in [1.54, 1.807) is 42.6 Å². The van der Waals surface area contributed by atoms with Gasteiger partial charge in [-0.2, -0.15) is 0 Å². The monoisotopic (exact) mass is 464 g/mol. The van der Waals surface area contributed by atoms with Crippen molar-refractivity contribution in [3.05, 3.63) is 98.4 Å². The molecule has 5 rings (SSSR count). The van der Waals surface area contributed by atoms with Gasteiger partial charge in [0.1, 0.15) is 11.6 Å². The second-order valence-corrected chi connectivity index (χ2v) is 8.89. The lowest BCUT2D eigenvalue weighted by molar-refractivity contribution is -0.130. The largest absolute Gasteiger partial charge is 0.503 e. The Kier molecular flexibility index (Phi) is 5.07. The highest BCUT2D eigenvalue weighted by Crippen LogP contribution is 2.43. The molecule has 160 valence electrons. The minimum Gasteiger partial charge on any atom is -0.503 e. The predicted molar refractivity (Wildman–Crippen MR) is 122 cm³/mol. The highest BCUT2D eigenvalue weighted by molar-refractivity contribution is 7.10. The Balaban J connectivity index is 1.60. The van der Waals surface area contributed by atoms with Crippen molar-refractivity contribution < 1.29 is 19.1 Å². The average Bonchev–Trinajstić information content (AvgIpc) is 3.46. The number of carbonyl (C=O) groups excluding carboxylic acids is 2. The van der Waals surface area contributed by atoms with Crippen LogP contribution in [-0.4, -0.2) is 26.7 Å². The van der Waals surface area contributed by atoms with Crippen LogP contribution in [0.1, 0.15) is 32.7 Å². The number of furan rings is 1. The van der Waals surface area contributed by atoms with E-state index in [2.05, 4.69) is 4.98 Å². The Morgan fingerprint density at radius 2 is 2.09 bits per heavy atom. The molecule has 4 aromatic rings. The van der Waals surface area contributed by atoms with E-state index in [9.17, 15) is 14.7 Å². The number of pyridine rings is 1. The number of amides is 1. The molecule has 6 nitrogen and oxygen atoms in total. The molecule has 1 N–H and O–H groups in total. The van der Waals surface area contributed by atoms with Crippen molar-refractivity contribution in [2.75, 3.05) is 0 Å². The van der Waals surface area contributed by atoms with Crippen LogP contribution in [0.25, 0.3) is 11.0 Å². The SMILES string of the molecule is Cc1ccsc1C1C(C(=O)c2cc3cc(Cl)ccc3o2)=C(O)C(=O)N1Cc1ccccn1. The normalized spacial score (nSPS) is 16.4. The van der Waals surface area contributed by atoms with E-state index in [1.165, 1.54) is 16.2 Å². The smallest absolute Gasteiger partial charge is 0.290 e. The molecule has 0 radical (unpaired) electrons. The van der Waals surface area contributed by atoms with Crippen LogP contribution in [0.5, 0.6) is 0 Å². The lowest BCUT2D eigenvalue weighted by atomic mass is 9.98. The van der Waals surface area contributed by atoms with Crippen LogP contribution in [0.3, 0.4) is 0 Å². The maximum Gasteiger partial charge on any atom is 0.290 e. The molecule has 4 heterocycles. The summed E-state index contributed by atoms with van der Waals surface area (Å²) in [7, 11) is 0. The Morgan fingerprint density at radius 3 is 2.81 bits per heavy atom. The first-order valence-electron chi connectivity index (χ1n) is 9.86. The van der Waals surface area contributed by atoms with Crippen molar-refractivity contribution in [1.82, 2.24) is 9.88 Å². The van der Waals surface area contributed by atoms with Gasteiger partial charge < -0.3 is 14.4 Å². The topological polar surface area (TPSA) is 83.6 Å². The molecule has 1 aromatic carbocycles. The number of Topliss-reactive ketones (excluding diaryl/α,β-unsaturated/α-hetero) is 1. The highest BCUT2D eigenvalue weighted by atomic mass is 35.5. The van der Waals surface area contributed by atoms with Gasteiger partial charge in [0.25, 0.3) is 5.91 Å². The molecule has 1 aliphatic heterocycles. The number of ketones is 1. The van der Waals surface area contributed by atoms with Crippen LogP contribution in [0.2, 0.25) is 5.02 Å². The fourth-order valence-corrected chi connectivity index (χ4v) is 5.14. The summed E-state index contributed by atoms with van der Waals surface area (Å²) >= 11 is 7.48. The molecule has 1 atom stereocenters. The van der Waals surface area contributed by atoms with E-state index < -0.39 is 23.5 Å². The summed E-state index contributed by atoms with van der Waals surface area (Å²) in [5, 5.41) is 13.9. The third-order valence-electron chi connectivity index (χ3n) is 5.46. The number of thiophene rings is 1. The molecule has 1 unspecified atom stereocenters. The zero-order valence-electron chi connectivity index (χ0n) is 16.9. The summed E-state index contributed by atoms with van der Waals surface area (Å²) in [6.45, 7) is 2.06. The Hall–Kier alpha value is -3.42. The van der Waals surface area contributed by atoms with Crippen molar-refractivity contribution in [2.45, 2.75) is 19.5 Å². The standard InChI is InChI=1S/C24H17ClN2O4S/c1-13-7-9-32-23(13)20-19(21(28)18-11-14-10-15(25)5-6-17(14)31-18)22(29)24(30)27(20)12-16-4-2-3-8-26-16/h2-11,20,29H,12H2,1H3. The number of nitrogens with zero attached hydrogens (tertiary/aromatic N) is 2. The molecule has 8 heteroatoms. The Morgan fingerprint density at radius 1 is 1.25 bits per heavy atom. The van der Waals surface area contributed by atoms with Crippen molar-refractivity contribution in [3.63, 3.8) is 0 Å². The zero-order valence-corrected chi connectivity index (χ0v) is 18.5. The van der Waals surface area contributed by atoms with Crippen LogP contribution >= 0.6 is 22.9 Å². The first-order valence-corrected chi connectivity index (χ1v) is 11.1. The summed E-state index contributed by atoms with van der Waals surface area (Å²) < 4.78 is 5.74. The molecule has 0 aliphatic carbocycles. The molecule has 0 saturated carbocycles. The number of rotatable bonds is 5. The second kappa shape index (κ2) is 7.93. The van der Waals surface area contributed by atoms with Crippen LogP contribution in [0.15, 0.2) is 75.9 Å². The van der Waals surface area contributed by atoms with Gasteiger partial charge >= 0.3 is 0 Å². The van der Waals surface area contributed by atoms with E-state index in [0.29, 0.717) is 21.7 Å². The van der Waals surface area contributed by atoms with E-state index in [1.807, 2.05) is 24.4 Å². The molecule has 32 heavy (non-hydrogen) atoms. The Bertz CT molecular complexity index is 1390. The fourth-order valence-electron chi connectivity index (χ4n) is 3.91. The molecule has 3 aromatic heterocycles. The molecule has 0 spiro atoms. The molecular weight excluding hydrogens is 448 g/mol. The second-order valence-electron chi connectivity index (χ2n) is 7.51. The predicted octanol–water partition coefficient (Wildman–Crippen LogP) is 5.63. The number of aryl methyl sites for hydroxylation is 1. The first kappa shape index (κ1) is 20.5. The van der Waals surface area contributed by atoms with Crippen LogP contribution < -0.4 is 0 Å². The van der Waals surface area contributed by atoms with Crippen LogP contribution in [0.4, 0.5) is 0 Å². The van der Waals surface area contributed by atoms with Gasteiger partial charge in [0, 0.05) is 21.5 Å². The van der Waals surface area contributed by atoms with Crippen LogP contribution in [-0.2, 0) is 11.3 Å². The maximum absolute atomic E-state index is 13.5. The fraction of sp³-hybridized carbons (Fsp3) is 0.125. The number of halogens is 1. The van der Waals surface area contributed by atoms with Crippen LogP contribution in [0, 0.1) is 6.92 Å². The highest BCUT2D eigenvalue weighted by Gasteiger charge is 2.45. The summed E-state index contributed by atoms with van der Waals surface area (Å²) in [6.07, 6.45) is 1.64. The third-order valence-corrected chi connectivity index (χ3v) is 6.77. The number of aliphatic hydroxyl groups is 1. The van der Waals surface area contributed by atoms with Crippen molar-refractivity contribution >= 4 is 45.6 Å². The Labute approximate surface area is 192 Å². The third kappa shape index (κ3) is 3.39. The van der Waals surface area contributed by atoms with E-state index >= 15 is 0 Å². The molecule has 0 fully saturated rings. The van der Waals surface area contributed by atoms with Gasteiger partial charge in [0.05, 0.1) is 17.8 Å². The number of hydrogen-bond donors (Lipinski definition) is 1. The van der Waals surface area contributed by atoms with E-state index in [-0.39, 0.29) is 17.9 Å². The zero-order chi connectivity index (χ0) is 22.4. The first-order chi connectivity index (χ1) is 15.4. The summed E-state index contributed by atoms with van der Waals surface area (Å²) in [6, 6.07) is 13.2. The van der Waals surface area contributed by atoms with Gasteiger partial charge in [0.15, 0.2) is 11.5 Å². The van der Waals surface area contributed by atoms with Gasteiger partial charge in [-0.3, -0.25) is 14.6 Å². The number of benzene rings is 1. The van der Waals surface area contributed by atoms with Gasteiger partial charge in [0.2, 0.25) is 5.78 Å². The van der Waals surface area contributed by atoms with Crippen molar-refractivity contribution in [1.29, 1.82) is 0 Å². The van der Waals surface area contributed by atoms with Gasteiger partial charge in [-0.05, 0) is 60.3 Å². The minimum atomic E-state index is -0.742. The summed E-state index contributed by atoms with van der Waals surface area (Å²) in [4.78, 5) is 33.2. The molecule has 1 amide bonds. The van der Waals surface area contributed by atoms with Crippen molar-refractivity contribution in [2.24, 2.45) is 0 Å². The maximum atomic E-state index is 13.5. The summed E-state index contributed by atoms with van der Waals surface area (Å²) in [5.41, 5.74) is 2.08. The summed E-state index contributed by atoms with van der Waals surface area (Å²) in [5.74, 6) is -1.68. The van der Waals surface area contributed by atoms with Gasteiger partial charge in [-0.25, -0.2) is 0 Å². The number of aromatic nitrogens is 1. The number of aliphatic hydroxyl groups excluding tert-OH is 1. The van der Waals surface area contributed by atoms with Crippen molar-refractivity contribution in [3.8, 4) is 0 Å².